The Labute approximate surface area is 99.3 Å². The van der Waals surface area contributed by atoms with E-state index < -0.39 is 0 Å². The second-order valence-corrected chi connectivity index (χ2v) is 6.36. The zero-order valence-corrected chi connectivity index (χ0v) is 10.4. The fourth-order valence-electron chi connectivity index (χ4n) is 1.92. The first-order chi connectivity index (χ1) is 7.79. The second kappa shape index (κ2) is 5.39. The highest BCUT2D eigenvalue weighted by Gasteiger charge is 2.27. The zero-order chi connectivity index (χ0) is 11.4. The summed E-state index contributed by atoms with van der Waals surface area (Å²) >= 11 is 0. The van der Waals surface area contributed by atoms with E-state index in [0.717, 1.165) is 17.1 Å². The molecule has 3 heteroatoms. The second-order valence-electron chi connectivity index (χ2n) is 4.03. The van der Waals surface area contributed by atoms with Crippen LogP contribution in [0.2, 0.25) is 0 Å². The van der Waals surface area contributed by atoms with Crippen molar-refractivity contribution in [3.63, 3.8) is 0 Å². The van der Waals surface area contributed by atoms with E-state index in [4.69, 9.17) is 4.74 Å². The van der Waals surface area contributed by atoms with Crippen LogP contribution in [-0.4, -0.2) is 30.2 Å². The van der Waals surface area contributed by atoms with Crippen molar-refractivity contribution in [2.24, 2.45) is 0 Å². The van der Waals surface area contributed by atoms with E-state index in [1.54, 1.807) is 7.11 Å². The van der Waals surface area contributed by atoms with Gasteiger partial charge >= 0.3 is 0 Å². The molecule has 0 spiro atoms. The molecule has 0 N–H and O–H groups in total. The molecule has 1 saturated heterocycles. The molecule has 16 heavy (non-hydrogen) atoms. The molecular formula is C13H17O2S+. The first-order valence-corrected chi connectivity index (χ1v) is 7.34. The maximum atomic E-state index is 12.0. The third-order valence-electron chi connectivity index (χ3n) is 2.84. The zero-order valence-electron chi connectivity index (χ0n) is 9.57. The summed E-state index contributed by atoms with van der Waals surface area (Å²) in [5.74, 6) is 4.25. The molecule has 0 aliphatic carbocycles. The molecule has 86 valence electrons. The van der Waals surface area contributed by atoms with E-state index in [9.17, 15) is 4.79 Å². The summed E-state index contributed by atoms with van der Waals surface area (Å²) in [4.78, 5) is 12.0. The van der Waals surface area contributed by atoms with Gasteiger partial charge in [0.25, 0.3) is 0 Å². The van der Waals surface area contributed by atoms with Gasteiger partial charge in [0.05, 0.1) is 7.11 Å². The van der Waals surface area contributed by atoms with E-state index in [-0.39, 0.29) is 5.78 Å². The number of carbonyl (C=O) groups excluding carboxylic acids is 1. The third-order valence-corrected chi connectivity index (χ3v) is 5.25. The van der Waals surface area contributed by atoms with Gasteiger partial charge in [0.2, 0.25) is 5.78 Å². The minimum atomic E-state index is 0.268. The Kier molecular flexibility index (Phi) is 3.88. The molecule has 0 bridgehead atoms. The number of ether oxygens (including phenoxy) is 1. The Morgan fingerprint density at radius 3 is 2.81 bits per heavy atom. The lowest BCUT2D eigenvalue weighted by Gasteiger charge is -2.03. The van der Waals surface area contributed by atoms with Gasteiger partial charge in [0.1, 0.15) is 17.3 Å². The van der Waals surface area contributed by atoms with Crippen molar-refractivity contribution in [2.45, 2.75) is 12.8 Å². The summed E-state index contributed by atoms with van der Waals surface area (Å²) < 4.78 is 5.13. The van der Waals surface area contributed by atoms with E-state index in [0.29, 0.717) is 10.9 Å². The van der Waals surface area contributed by atoms with Crippen molar-refractivity contribution in [2.75, 3.05) is 24.4 Å². The topological polar surface area (TPSA) is 26.3 Å². The summed E-state index contributed by atoms with van der Waals surface area (Å²) in [5.41, 5.74) is 0.791. The van der Waals surface area contributed by atoms with Crippen LogP contribution in [0.25, 0.3) is 0 Å². The number of methoxy groups -OCH3 is 1. The molecule has 1 heterocycles. The van der Waals surface area contributed by atoms with E-state index in [2.05, 4.69) is 0 Å². The fraction of sp³-hybridized carbons (Fsp3) is 0.462. The van der Waals surface area contributed by atoms with Gasteiger partial charge in [-0.3, -0.25) is 4.79 Å². The number of ketones is 1. The molecule has 0 radical (unpaired) electrons. The highest BCUT2D eigenvalue weighted by molar-refractivity contribution is 7.97. The molecule has 0 atom stereocenters. The molecular weight excluding hydrogens is 220 g/mol. The monoisotopic (exact) mass is 237 g/mol. The van der Waals surface area contributed by atoms with Crippen LogP contribution in [-0.2, 0) is 10.9 Å². The van der Waals surface area contributed by atoms with Crippen LogP contribution < -0.4 is 4.74 Å². The number of hydrogen-bond donors (Lipinski definition) is 0. The van der Waals surface area contributed by atoms with E-state index in [1.807, 2.05) is 24.3 Å². The number of hydrogen-bond acceptors (Lipinski definition) is 2. The molecule has 0 unspecified atom stereocenters. The highest BCUT2D eigenvalue weighted by atomic mass is 32.2. The van der Waals surface area contributed by atoms with Crippen molar-refractivity contribution in [1.29, 1.82) is 0 Å². The quantitative estimate of drug-likeness (QED) is 0.593. The Morgan fingerprint density at radius 2 is 2.12 bits per heavy atom. The van der Waals surface area contributed by atoms with E-state index >= 15 is 0 Å². The average molecular weight is 237 g/mol. The van der Waals surface area contributed by atoms with Crippen LogP contribution >= 0.6 is 0 Å². The predicted molar refractivity (Wildman–Crippen MR) is 68.5 cm³/mol. The van der Waals surface area contributed by atoms with Crippen molar-refractivity contribution in [1.82, 2.24) is 0 Å². The van der Waals surface area contributed by atoms with Gasteiger partial charge in [-0.1, -0.05) is 12.1 Å². The van der Waals surface area contributed by atoms with Gasteiger partial charge in [-0.25, -0.2) is 0 Å². The van der Waals surface area contributed by atoms with E-state index in [1.165, 1.54) is 24.3 Å². The van der Waals surface area contributed by atoms with Crippen molar-refractivity contribution in [3.05, 3.63) is 29.8 Å². The average Bonchev–Trinajstić information content (AvgIpc) is 2.82. The SMILES string of the molecule is COc1cccc(C(=O)C[S+]2CCCC2)c1. The highest BCUT2D eigenvalue weighted by Crippen LogP contribution is 2.17. The first kappa shape index (κ1) is 11.5. The molecule has 1 aliphatic heterocycles. The van der Waals surface area contributed by atoms with Crippen LogP contribution in [0.15, 0.2) is 24.3 Å². The Hall–Kier alpha value is -0.960. The summed E-state index contributed by atoms with van der Waals surface area (Å²) in [6.07, 6.45) is 2.60. The normalized spacial score (nSPS) is 16.3. The van der Waals surface area contributed by atoms with Crippen LogP contribution in [0.1, 0.15) is 23.2 Å². The molecule has 1 aromatic rings. The lowest BCUT2D eigenvalue weighted by atomic mass is 10.1. The Bertz CT molecular complexity index is 370. The van der Waals surface area contributed by atoms with Crippen LogP contribution in [0.3, 0.4) is 0 Å². The fourth-order valence-corrected chi connectivity index (χ4v) is 4.18. The molecule has 1 aromatic carbocycles. The molecule has 0 aromatic heterocycles. The maximum Gasteiger partial charge on any atom is 0.211 e. The first-order valence-electron chi connectivity index (χ1n) is 5.61. The molecule has 0 amide bonds. The van der Waals surface area contributed by atoms with Crippen LogP contribution in [0, 0.1) is 0 Å². The predicted octanol–water partition coefficient (Wildman–Crippen LogP) is 2.29. The number of benzene rings is 1. The van der Waals surface area contributed by atoms with Gasteiger partial charge < -0.3 is 4.74 Å². The molecule has 1 fully saturated rings. The lowest BCUT2D eigenvalue weighted by Crippen LogP contribution is -2.17. The summed E-state index contributed by atoms with van der Waals surface area (Å²) in [6, 6.07) is 7.46. The lowest BCUT2D eigenvalue weighted by molar-refractivity contribution is 0.102. The standard InChI is InChI=1S/C13H17O2S/c1-15-12-6-4-5-11(9-12)13(14)10-16-7-2-3-8-16/h4-6,9H,2-3,7-8,10H2,1H3/q+1. The van der Waals surface area contributed by atoms with Crippen LogP contribution in [0.5, 0.6) is 5.75 Å². The maximum absolute atomic E-state index is 12.0. The minimum absolute atomic E-state index is 0.268. The number of Topliss-reactive ketones (excluding diaryl/α,β-unsaturated/α-hetero) is 1. The van der Waals surface area contributed by atoms with Crippen molar-refractivity contribution >= 4 is 16.7 Å². The van der Waals surface area contributed by atoms with Gasteiger partial charge in [-0.05, 0) is 35.9 Å². The van der Waals surface area contributed by atoms with Crippen LogP contribution in [0.4, 0.5) is 0 Å². The van der Waals surface area contributed by atoms with Gasteiger partial charge in [-0.2, -0.15) is 0 Å². The molecule has 2 rings (SSSR count). The summed E-state index contributed by atoms with van der Waals surface area (Å²) in [6.45, 7) is 0. The summed E-state index contributed by atoms with van der Waals surface area (Å²) in [7, 11) is 1.97. The smallest absolute Gasteiger partial charge is 0.211 e. The number of rotatable bonds is 4. The third kappa shape index (κ3) is 2.79. The molecule has 2 nitrogen and oxygen atoms in total. The Morgan fingerprint density at radius 1 is 1.38 bits per heavy atom. The number of carbonyl (C=O) groups is 1. The molecule has 1 aliphatic rings. The van der Waals surface area contributed by atoms with Gasteiger partial charge in [0, 0.05) is 5.56 Å². The summed E-state index contributed by atoms with van der Waals surface area (Å²) in [5, 5.41) is 0. The largest absolute Gasteiger partial charge is 0.497 e. The molecule has 0 saturated carbocycles. The Balaban J connectivity index is 2.01. The van der Waals surface area contributed by atoms with Gasteiger partial charge in [0.15, 0.2) is 5.75 Å². The van der Waals surface area contributed by atoms with Gasteiger partial charge in [-0.15, -0.1) is 0 Å². The van der Waals surface area contributed by atoms with Crippen molar-refractivity contribution in [3.8, 4) is 5.75 Å². The van der Waals surface area contributed by atoms with Crippen molar-refractivity contribution < 1.29 is 9.53 Å². The minimum Gasteiger partial charge on any atom is -0.497 e.